The van der Waals surface area contributed by atoms with Crippen LogP contribution < -0.4 is 15.4 Å². The Bertz CT molecular complexity index is 1190. The van der Waals surface area contributed by atoms with Gasteiger partial charge in [0.25, 0.3) is 0 Å². The van der Waals surface area contributed by atoms with Gasteiger partial charge >= 0.3 is 0 Å². The molecular formula is C30H36N4O5. The number of carbonyl (C=O) groups excluding carboxylic acids is 3. The number of furan rings is 1. The fourth-order valence-corrected chi connectivity index (χ4v) is 4.87. The molecule has 0 aliphatic heterocycles. The van der Waals surface area contributed by atoms with Crippen molar-refractivity contribution in [2.24, 2.45) is 0 Å². The van der Waals surface area contributed by atoms with Gasteiger partial charge in [0.05, 0.1) is 19.9 Å². The molecule has 1 aliphatic carbocycles. The second-order valence-electron chi connectivity index (χ2n) is 9.74. The molecule has 4 rings (SSSR count). The van der Waals surface area contributed by atoms with Crippen molar-refractivity contribution in [2.45, 2.75) is 70.0 Å². The highest BCUT2D eigenvalue weighted by Gasteiger charge is 2.33. The molecule has 9 nitrogen and oxygen atoms in total. The maximum atomic E-state index is 13.8. The summed E-state index contributed by atoms with van der Waals surface area (Å²) in [4.78, 5) is 45.5. The van der Waals surface area contributed by atoms with Gasteiger partial charge in [0.15, 0.2) is 0 Å². The van der Waals surface area contributed by atoms with E-state index >= 15 is 0 Å². The Morgan fingerprint density at radius 3 is 2.49 bits per heavy atom. The van der Waals surface area contributed by atoms with E-state index in [2.05, 4.69) is 15.6 Å². The molecule has 2 N–H and O–H groups in total. The lowest BCUT2D eigenvalue weighted by molar-refractivity contribution is -0.142. The van der Waals surface area contributed by atoms with Gasteiger partial charge in [-0.05, 0) is 61.2 Å². The van der Waals surface area contributed by atoms with Gasteiger partial charge in [-0.15, -0.1) is 0 Å². The van der Waals surface area contributed by atoms with E-state index in [1.165, 1.54) is 6.42 Å². The number of amides is 3. The first-order chi connectivity index (χ1) is 19.0. The van der Waals surface area contributed by atoms with Gasteiger partial charge in [-0.25, -0.2) is 4.98 Å². The summed E-state index contributed by atoms with van der Waals surface area (Å²) < 4.78 is 10.9. The molecule has 1 fully saturated rings. The molecule has 1 atom stereocenters. The van der Waals surface area contributed by atoms with Crippen molar-refractivity contribution in [3.05, 3.63) is 78.4 Å². The molecule has 0 bridgehead atoms. The first kappa shape index (κ1) is 27.9. The van der Waals surface area contributed by atoms with Crippen molar-refractivity contribution >= 4 is 23.5 Å². The SMILES string of the molecule is COc1ccc(C(C(=O)NC2CCCCC2)N(Cc2ccco2)C(=O)CCCC(=O)Nc2ccccn2)cc1. The Morgan fingerprint density at radius 1 is 1.03 bits per heavy atom. The Balaban J connectivity index is 1.52. The molecule has 2 heterocycles. The van der Waals surface area contributed by atoms with E-state index in [0.717, 1.165) is 25.7 Å². The van der Waals surface area contributed by atoms with Crippen LogP contribution in [0.15, 0.2) is 71.5 Å². The van der Waals surface area contributed by atoms with Crippen molar-refractivity contribution in [3.8, 4) is 5.75 Å². The second-order valence-corrected chi connectivity index (χ2v) is 9.74. The van der Waals surface area contributed by atoms with E-state index in [0.29, 0.717) is 29.3 Å². The van der Waals surface area contributed by atoms with Crippen molar-refractivity contribution in [1.29, 1.82) is 0 Å². The zero-order valence-corrected chi connectivity index (χ0v) is 22.3. The van der Waals surface area contributed by atoms with E-state index in [9.17, 15) is 14.4 Å². The van der Waals surface area contributed by atoms with E-state index in [1.54, 1.807) is 66.9 Å². The highest BCUT2D eigenvalue weighted by molar-refractivity contribution is 5.91. The van der Waals surface area contributed by atoms with Crippen LogP contribution in [0.5, 0.6) is 5.75 Å². The van der Waals surface area contributed by atoms with Gasteiger partial charge in [-0.1, -0.05) is 37.5 Å². The third kappa shape index (κ3) is 8.17. The van der Waals surface area contributed by atoms with Crippen LogP contribution in [0.25, 0.3) is 0 Å². The average Bonchev–Trinajstić information content (AvgIpc) is 3.47. The van der Waals surface area contributed by atoms with E-state index in [4.69, 9.17) is 9.15 Å². The summed E-state index contributed by atoms with van der Waals surface area (Å²) in [5.74, 6) is 1.01. The van der Waals surface area contributed by atoms with Gasteiger partial charge < -0.3 is 24.7 Å². The monoisotopic (exact) mass is 532 g/mol. The fourth-order valence-electron chi connectivity index (χ4n) is 4.87. The van der Waals surface area contributed by atoms with Gasteiger partial charge in [0, 0.05) is 25.1 Å². The van der Waals surface area contributed by atoms with Crippen LogP contribution in [0.1, 0.15) is 68.7 Å². The summed E-state index contributed by atoms with van der Waals surface area (Å²) in [5.41, 5.74) is 0.678. The van der Waals surface area contributed by atoms with Crippen molar-refractivity contribution < 1.29 is 23.5 Å². The third-order valence-electron chi connectivity index (χ3n) is 6.90. The van der Waals surface area contributed by atoms with Crippen LogP contribution in [0.3, 0.4) is 0 Å². The number of hydrogen-bond donors (Lipinski definition) is 2. The molecule has 1 aliphatic rings. The lowest BCUT2D eigenvalue weighted by Crippen LogP contribution is -2.46. The standard InChI is InChI=1S/C30H36N4O5/c1-38-24-17-15-22(16-18-24)29(30(37)32-23-9-3-2-4-10-23)34(21-25-11-8-20-39-25)28(36)14-7-13-27(35)33-26-12-5-6-19-31-26/h5-6,8,11-12,15-20,23,29H,2-4,7,9-10,13-14,21H2,1H3,(H,32,37)(H,31,33,35). The summed E-state index contributed by atoms with van der Waals surface area (Å²) in [6, 6.07) is 15.2. The van der Waals surface area contributed by atoms with Gasteiger partial charge in [0.1, 0.15) is 23.4 Å². The minimum absolute atomic E-state index is 0.0860. The highest BCUT2D eigenvalue weighted by atomic mass is 16.5. The molecule has 206 valence electrons. The Hall–Kier alpha value is -4.14. The Kier molecular flexibility index (Phi) is 10.1. The van der Waals surface area contributed by atoms with E-state index in [-0.39, 0.29) is 43.1 Å². The van der Waals surface area contributed by atoms with Crippen LogP contribution in [-0.4, -0.2) is 40.8 Å². The summed E-state index contributed by atoms with van der Waals surface area (Å²) in [6.07, 6.45) is 8.90. The summed E-state index contributed by atoms with van der Waals surface area (Å²) in [5, 5.41) is 5.94. The van der Waals surface area contributed by atoms with Crippen LogP contribution in [0.2, 0.25) is 0 Å². The summed E-state index contributed by atoms with van der Waals surface area (Å²) in [7, 11) is 1.58. The molecular weight excluding hydrogens is 496 g/mol. The molecule has 39 heavy (non-hydrogen) atoms. The van der Waals surface area contributed by atoms with Crippen LogP contribution in [0.4, 0.5) is 5.82 Å². The smallest absolute Gasteiger partial charge is 0.247 e. The lowest BCUT2D eigenvalue weighted by Gasteiger charge is -2.33. The number of anilines is 1. The predicted molar refractivity (Wildman–Crippen MR) is 147 cm³/mol. The van der Waals surface area contributed by atoms with Crippen LogP contribution in [-0.2, 0) is 20.9 Å². The van der Waals surface area contributed by atoms with Crippen LogP contribution >= 0.6 is 0 Å². The Labute approximate surface area is 228 Å². The number of hydrogen-bond acceptors (Lipinski definition) is 6. The molecule has 1 aromatic carbocycles. The number of benzene rings is 1. The number of rotatable bonds is 12. The molecule has 1 saturated carbocycles. The zero-order chi connectivity index (χ0) is 27.5. The molecule has 3 aromatic rings. The fraction of sp³-hybridized carbons (Fsp3) is 0.400. The number of carbonyl (C=O) groups is 3. The van der Waals surface area contributed by atoms with E-state index in [1.807, 2.05) is 12.1 Å². The maximum Gasteiger partial charge on any atom is 0.247 e. The predicted octanol–water partition coefficient (Wildman–Crippen LogP) is 5.01. The van der Waals surface area contributed by atoms with Gasteiger partial charge in [0.2, 0.25) is 17.7 Å². The minimum atomic E-state index is -0.863. The maximum absolute atomic E-state index is 13.8. The van der Waals surface area contributed by atoms with Crippen LogP contribution in [0, 0.1) is 0 Å². The first-order valence-electron chi connectivity index (χ1n) is 13.5. The molecule has 0 radical (unpaired) electrons. The number of methoxy groups -OCH3 is 1. The number of nitrogens with one attached hydrogen (secondary N) is 2. The largest absolute Gasteiger partial charge is 0.497 e. The van der Waals surface area contributed by atoms with E-state index < -0.39 is 6.04 Å². The summed E-state index contributed by atoms with van der Waals surface area (Å²) >= 11 is 0. The third-order valence-corrected chi connectivity index (χ3v) is 6.90. The minimum Gasteiger partial charge on any atom is -0.497 e. The molecule has 0 saturated heterocycles. The zero-order valence-electron chi connectivity index (χ0n) is 22.3. The number of pyridine rings is 1. The first-order valence-corrected chi connectivity index (χ1v) is 13.5. The lowest BCUT2D eigenvalue weighted by atomic mass is 9.94. The quantitative estimate of drug-likeness (QED) is 0.339. The topological polar surface area (TPSA) is 114 Å². The molecule has 0 spiro atoms. The van der Waals surface area contributed by atoms with Crippen molar-refractivity contribution in [3.63, 3.8) is 0 Å². The van der Waals surface area contributed by atoms with Gasteiger partial charge in [-0.2, -0.15) is 0 Å². The molecule has 3 amide bonds. The van der Waals surface area contributed by atoms with Gasteiger partial charge in [-0.3, -0.25) is 14.4 Å². The molecule has 1 unspecified atom stereocenters. The normalized spacial score (nSPS) is 14.3. The average molecular weight is 533 g/mol. The highest BCUT2D eigenvalue weighted by Crippen LogP contribution is 2.28. The number of ether oxygens (including phenoxy) is 1. The van der Waals surface area contributed by atoms with Crippen molar-refractivity contribution in [1.82, 2.24) is 15.2 Å². The Morgan fingerprint density at radius 2 is 1.82 bits per heavy atom. The molecule has 9 heteroatoms. The van der Waals surface area contributed by atoms with Crippen molar-refractivity contribution in [2.75, 3.05) is 12.4 Å². The second kappa shape index (κ2) is 14.1. The number of aromatic nitrogens is 1. The molecule has 2 aromatic heterocycles. The summed E-state index contributed by atoms with van der Waals surface area (Å²) in [6.45, 7) is 0.126. The number of nitrogens with zero attached hydrogens (tertiary/aromatic N) is 2.